The molecular formula is C16H21N5. The molecule has 0 aliphatic rings. The number of rotatable bonds is 7. The molecule has 0 radical (unpaired) electrons. The Labute approximate surface area is 125 Å². The lowest BCUT2D eigenvalue weighted by atomic mass is 10.2. The Hall–Kier alpha value is -2.24. The summed E-state index contributed by atoms with van der Waals surface area (Å²) in [6, 6.07) is 17.6. The number of anilines is 1. The number of hydrogen-bond acceptors (Lipinski definition) is 5. The molecule has 0 bridgehead atoms. The molecule has 2 rings (SSSR count). The van der Waals surface area contributed by atoms with Gasteiger partial charge in [0.25, 0.3) is 0 Å². The first-order valence-corrected chi connectivity index (χ1v) is 7.05. The summed E-state index contributed by atoms with van der Waals surface area (Å²) >= 11 is 0. The number of nitrogens with zero attached hydrogens (tertiary/aromatic N) is 3. The van der Waals surface area contributed by atoms with Crippen molar-refractivity contribution in [3.05, 3.63) is 54.6 Å². The van der Waals surface area contributed by atoms with Crippen molar-refractivity contribution in [2.45, 2.75) is 0 Å². The molecule has 0 saturated heterocycles. The summed E-state index contributed by atoms with van der Waals surface area (Å²) < 4.78 is 0. The van der Waals surface area contributed by atoms with Crippen LogP contribution in [0.2, 0.25) is 0 Å². The van der Waals surface area contributed by atoms with Gasteiger partial charge in [-0.1, -0.05) is 18.2 Å². The molecule has 0 aliphatic heterocycles. The maximum Gasteiger partial charge on any atom is 0.0858 e. The number of nitrogens with two attached hydrogens (primary N) is 2. The minimum absolute atomic E-state index is 0.607. The van der Waals surface area contributed by atoms with E-state index >= 15 is 0 Å². The van der Waals surface area contributed by atoms with Gasteiger partial charge in [-0.25, -0.2) is 0 Å². The van der Waals surface area contributed by atoms with Crippen molar-refractivity contribution in [1.29, 1.82) is 0 Å². The van der Waals surface area contributed by atoms with Gasteiger partial charge in [-0.15, -0.1) is 0 Å². The zero-order valence-corrected chi connectivity index (χ0v) is 12.0. The predicted octanol–water partition coefficient (Wildman–Crippen LogP) is 2.83. The van der Waals surface area contributed by atoms with E-state index < -0.39 is 0 Å². The van der Waals surface area contributed by atoms with Crippen LogP contribution in [0, 0.1) is 0 Å². The van der Waals surface area contributed by atoms with Crippen LogP contribution in [0.15, 0.2) is 64.8 Å². The number of azo groups is 1. The van der Waals surface area contributed by atoms with Gasteiger partial charge in [0, 0.05) is 31.9 Å². The summed E-state index contributed by atoms with van der Waals surface area (Å²) in [7, 11) is 0. The Morgan fingerprint density at radius 2 is 1.24 bits per heavy atom. The molecule has 4 N–H and O–H groups in total. The highest BCUT2D eigenvalue weighted by Gasteiger charge is 2.04. The Morgan fingerprint density at radius 1 is 0.714 bits per heavy atom. The molecule has 0 fully saturated rings. The summed E-state index contributed by atoms with van der Waals surface area (Å²) in [6.45, 7) is 2.80. The molecule has 0 aliphatic carbocycles. The van der Waals surface area contributed by atoms with Gasteiger partial charge in [-0.2, -0.15) is 10.2 Å². The molecule has 0 aromatic heterocycles. The normalized spacial score (nSPS) is 11.0. The van der Waals surface area contributed by atoms with Gasteiger partial charge in [0.1, 0.15) is 0 Å². The molecule has 0 atom stereocenters. The minimum atomic E-state index is 0.607. The lowest BCUT2D eigenvalue weighted by Gasteiger charge is -2.23. The number of hydrogen-bond donors (Lipinski definition) is 2. The van der Waals surface area contributed by atoms with E-state index in [0.717, 1.165) is 30.2 Å². The van der Waals surface area contributed by atoms with Gasteiger partial charge < -0.3 is 16.4 Å². The van der Waals surface area contributed by atoms with Crippen LogP contribution in [0.1, 0.15) is 0 Å². The zero-order chi connectivity index (χ0) is 14.9. The van der Waals surface area contributed by atoms with Gasteiger partial charge in [-0.3, -0.25) is 0 Å². The van der Waals surface area contributed by atoms with Crippen LogP contribution >= 0.6 is 0 Å². The fourth-order valence-corrected chi connectivity index (χ4v) is 2.02. The SMILES string of the molecule is NCCN(CCN)c1ccc(N=Nc2ccccc2)cc1. The molecule has 0 spiro atoms. The highest BCUT2D eigenvalue weighted by atomic mass is 15.1. The molecule has 110 valence electrons. The molecule has 5 nitrogen and oxygen atoms in total. The predicted molar refractivity (Wildman–Crippen MR) is 87.4 cm³/mol. The van der Waals surface area contributed by atoms with E-state index in [4.69, 9.17) is 11.5 Å². The van der Waals surface area contributed by atoms with Crippen LogP contribution in [0.4, 0.5) is 17.1 Å². The van der Waals surface area contributed by atoms with Crippen LogP contribution in [-0.2, 0) is 0 Å². The Kier molecular flexibility index (Phi) is 5.87. The average molecular weight is 283 g/mol. The lowest BCUT2D eigenvalue weighted by molar-refractivity contribution is 0.782. The quantitative estimate of drug-likeness (QED) is 0.767. The average Bonchev–Trinajstić information content (AvgIpc) is 2.54. The largest absolute Gasteiger partial charge is 0.369 e. The maximum atomic E-state index is 5.62. The monoisotopic (exact) mass is 283 g/mol. The van der Waals surface area contributed by atoms with Crippen LogP contribution in [0.3, 0.4) is 0 Å². The third kappa shape index (κ3) is 4.66. The van der Waals surface area contributed by atoms with Gasteiger partial charge in [-0.05, 0) is 36.4 Å². The van der Waals surface area contributed by atoms with E-state index in [-0.39, 0.29) is 0 Å². The summed E-state index contributed by atoms with van der Waals surface area (Å²) in [5.41, 5.74) is 14.0. The van der Waals surface area contributed by atoms with Crippen LogP contribution < -0.4 is 16.4 Å². The number of benzene rings is 2. The minimum Gasteiger partial charge on any atom is -0.369 e. The van der Waals surface area contributed by atoms with Crippen molar-refractivity contribution in [2.24, 2.45) is 21.7 Å². The van der Waals surface area contributed by atoms with Gasteiger partial charge in [0.05, 0.1) is 11.4 Å². The van der Waals surface area contributed by atoms with Crippen molar-refractivity contribution >= 4 is 17.1 Å². The maximum absolute atomic E-state index is 5.62. The fourth-order valence-electron chi connectivity index (χ4n) is 2.02. The van der Waals surface area contributed by atoms with Crippen molar-refractivity contribution in [1.82, 2.24) is 0 Å². The first-order chi connectivity index (χ1) is 10.3. The van der Waals surface area contributed by atoms with Crippen LogP contribution in [0.25, 0.3) is 0 Å². The fraction of sp³-hybridized carbons (Fsp3) is 0.250. The van der Waals surface area contributed by atoms with E-state index in [1.807, 2.05) is 54.6 Å². The molecule has 0 saturated carbocycles. The summed E-state index contributed by atoms with van der Waals surface area (Å²) in [4.78, 5) is 2.16. The molecule has 0 amide bonds. The molecule has 2 aromatic carbocycles. The van der Waals surface area contributed by atoms with Crippen molar-refractivity contribution in [3.8, 4) is 0 Å². The lowest BCUT2D eigenvalue weighted by Crippen LogP contribution is -2.33. The second-order valence-corrected chi connectivity index (χ2v) is 4.62. The Balaban J connectivity index is 2.06. The van der Waals surface area contributed by atoms with Crippen molar-refractivity contribution in [3.63, 3.8) is 0 Å². The molecule has 5 heteroatoms. The van der Waals surface area contributed by atoms with Gasteiger partial charge >= 0.3 is 0 Å². The smallest absolute Gasteiger partial charge is 0.0858 e. The van der Waals surface area contributed by atoms with Crippen molar-refractivity contribution < 1.29 is 0 Å². The van der Waals surface area contributed by atoms with E-state index in [0.29, 0.717) is 13.1 Å². The van der Waals surface area contributed by atoms with Gasteiger partial charge in [0.15, 0.2) is 0 Å². The molecule has 21 heavy (non-hydrogen) atoms. The summed E-state index contributed by atoms with van der Waals surface area (Å²) in [5.74, 6) is 0. The molecule has 0 unspecified atom stereocenters. The molecule has 0 heterocycles. The van der Waals surface area contributed by atoms with E-state index in [9.17, 15) is 0 Å². The standard InChI is InChI=1S/C16H21N5/c17-10-12-21(13-11-18)16-8-6-15(7-9-16)20-19-14-4-2-1-3-5-14/h1-9H,10-13,17-18H2. The first-order valence-electron chi connectivity index (χ1n) is 7.05. The third-order valence-electron chi connectivity index (χ3n) is 3.05. The first kappa shape index (κ1) is 15.2. The van der Waals surface area contributed by atoms with E-state index in [1.54, 1.807) is 0 Å². The molecular weight excluding hydrogens is 262 g/mol. The highest BCUT2D eigenvalue weighted by Crippen LogP contribution is 2.21. The second kappa shape index (κ2) is 8.14. The summed E-state index contributed by atoms with van der Waals surface area (Å²) in [5, 5.41) is 8.42. The highest BCUT2D eigenvalue weighted by molar-refractivity contribution is 5.53. The third-order valence-corrected chi connectivity index (χ3v) is 3.05. The topological polar surface area (TPSA) is 80.0 Å². The van der Waals surface area contributed by atoms with E-state index in [1.165, 1.54) is 0 Å². The Bertz CT molecular complexity index is 545. The Morgan fingerprint density at radius 3 is 1.76 bits per heavy atom. The summed E-state index contributed by atoms with van der Waals surface area (Å²) in [6.07, 6.45) is 0. The zero-order valence-electron chi connectivity index (χ0n) is 12.0. The second-order valence-electron chi connectivity index (χ2n) is 4.62. The molecule has 2 aromatic rings. The van der Waals surface area contributed by atoms with E-state index in [2.05, 4.69) is 15.1 Å². The van der Waals surface area contributed by atoms with Crippen LogP contribution in [0.5, 0.6) is 0 Å². The van der Waals surface area contributed by atoms with Gasteiger partial charge in [0.2, 0.25) is 0 Å². The van der Waals surface area contributed by atoms with Crippen molar-refractivity contribution in [2.75, 3.05) is 31.1 Å². The van der Waals surface area contributed by atoms with Crippen LogP contribution in [-0.4, -0.2) is 26.2 Å².